The van der Waals surface area contributed by atoms with Crippen LogP contribution in [-0.4, -0.2) is 22.1 Å². The summed E-state index contributed by atoms with van der Waals surface area (Å²) in [5.74, 6) is -2.66. The lowest BCUT2D eigenvalue weighted by atomic mass is 10.1. The molecule has 0 unspecified atom stereocenters. The number of rotatable bonds is 4. The molecular weight excluding hydrogens is 344 g/mol. The second-order valence-electron chi connectivity index (χ2n) is 5.06. The normalized spacial score (nSPS) is 10.5. The number of amides is 1. The number of carbonyl (C=O) groups is 1. The molecule has 0 saturated carbocycles. The number of aromatic nitrogens is 2. The van der Waals surface area contributed by atoms with Gasteiger partial charge in [-0.3, -0.25) is 4.79 Å². The smallest absolute Gasteiger partial charge is 0.261 e. The largest absolute Gasteiger partial charge is 0.322 e. The minimum Gasteiger partial charge on any atom is -0.322 e. The van der Waals surface area contributed by atoms with E-state index in [4.69, 9.17) is 0 Å². The van der Waals surface area contributed by atoms with E-state index < -0.39 is 23.1 Å². The molecule has 7 heteroatoms. The second kappa shape index (κ2) is 7.40. The highest BCUT2D eigenvalue weighted by molar-refractivity contribution is 7.98. The van der Waals surface area contributed by atoms with Crippen molar-refractivity contribution < 1.29 is 13.6 Å². The summed E-state index contributed by atoms with van der Waals surface area (Å²) in [5, 5.41) is 3.14. The van der Waals surface area contributed by atoms with Crippen LogP contribution in [0.4, 0.5) is 14.5 Å². The Bertz CT molecular complexity index is 913. The van der Waals surface area contributed by atoms with E-state index in [1.54, 1.807) is 30.5 Å². The van der Waals surface area contributed by atoms with Gasteiger partial charge in [0.1, 0.15) is 17.2 Å². The van der Waals surface area contributed by atoms with E-state index in [1.165, 1.54) is 17.8 Å². The summed E-state index contributed by atoms with van der Waals surface area (Å²) in [7, 11) is 0. The van der Waals surface area contributed by atoms with E-state index in [0.29, 0.717) is 16.5 Å². The molecule has 0 aliphatic heterocycles. The van der Waals surface area contributed by atoms with Gasteiger partial charge in [0, 0.05) is 17.4 Å². The minimum absolute atomic E-state index is 0.412. The Hall–Kier alpha value is -2.80. The van der Waals surface area contributed by atoms with Crippen LogP contribution in [0.2, 0.25) is 0 Å². The van der Waals surface area contributed by atoms with Gasteiger partial charge in [-0.2, -0.15) is 0 Å². The summed E-state index contributed by atoms with van der Waals surface area (Å²) < 4.78 is 27.4. The zero-order valence-electron chi connectivity index (χ0n) is 13.2. The molecule has 0 bridgehead atoms. The molecule has 0 spiro atoms. The molecule has 0 saturated heterocycles. The molecule has 4 nitrogen and oxygen atoms in total. The fourth-order valence-electron chi connectivity index (χ4n) is 2.26. The van der Waals surface area contributed by atoms with Gasteiger partial charge >= 0.3 is 0 Å². The van der Waals surface area contributed by atoms with Crippen molar-refractivity contribution in [2.24, 2.45) is 0 Å². The van der Waals surface area contributed by atoms with Crippen molar-refractivity contribution in [2.45, 2.75) is 5.16 Å². The van der Waals surface area contributed by atoms with Gasteiger partial charge in [0.15, 0.2) is 5.16 Å². The zero-order chi connectivity index (χ0) is 17.8. The maximum Gasteiger partial charge on any atom is 0.261 e. The van der Waals surface area contributed by atoms with Crippen LogP contribution in [0.15, 0.2) is 59.9 Å². The van der Waals surface area contributed by atoms with Crippen molar-refractivity contribution in [3.8, 4) is 11.3 Å². The third-order valence-corrected chi connectivity index (χ3v) is 3.98. The first-order valence-corrected chi connectivity index (χ1v) is 8.54. The molecule has 1 heterocycles. The minimum atomic E-state index is -0.908. The molecule has 3 rings (SSSR count). The first-order valence-electron chi connectivity index (χ1n) is 7.31. The molecule has 0 aliphatic carbocycles. The van der Waals surface area contributed by atoms with E-state index >= 15 is 0 Å². The third kappa shape index (κ3) is 3.83. The highest BCUT2D eigenvalue weighted by Gasteiger charge is 2.17. The lowest BCUT2D eigenvalue weighted by Crippen LogP contribution is -2.15. The predicted octanol–water partition coefficient (Wildman–Crippen LogP) is 4.40. The molecule has 0 aliphatic rings. The Morgan fingerprint density at radius 1 is 1.08 bits per heavy atom. The van der Waals surface area contributed by atoms with E-state index in [-0.39, 0.29) is 0 Å². The molecule has 0 atom stereocenters. The summed E-state index contributed by atoms with van der Waals surface area (Å²) in [4.78, 5) is 20.7. The van der Waals surface area contributed by atoms with Crippen LogP contribution in [0, 0.1) is 11.6 Å². The highest BCUT2D eigenvalue weighted by atomic mass is 32.2. The van der Waals surface area contributed by atoms with E-state index in [2.05, 4.69) is 15.3 Å². The van der Waals surface area contributed by atoms with Crippen LogP contribution in [0.5, 0.6) is 0 Å². The predicted molar refractivity (Wildman–Crippen MR) is 93.6 cm³/mol. The summed E-state index contributed by atoms with van der Waals surface area (Å²) >= 11 is 1.42. The molecule has 0 radical (unpaired) electrons. The molecule has 25 heavy (non-hydrogen) atoms. The van der Waals surface area contributed by atoms with Crippen LogP contribution in [0.1, 0.15) is 10.4 Å². The van der Waals surface area contributed by atoms with Gasteiger partial charge in [0.2, 0.25) is 0 Å². The SMILES string of the molecule is CSc1nccc(-c2cccc(NC(=O)c3c(F)cccc3F)c2)n1. The van der Waals surface area contributed by atoms with Crippen LogP contribution in [-0.2, 0) is 0 Å². The van der Waals surface area contributed by atoms with E-state index in [0.717, 1.165) is 17.7 Å². The molecule has 126 valence electrons. The highest BCUT2D eigenvalue weighted by Crippen LogP contribution is 2.23. The quantitative estimate of drug-likeness (QED) is 0.556. The van der Waals surface area contributed by atoms with Crippen molar-refractivity contribution in [2.75, 3.05) is 11.6 Å². The van der Waals surface area contributed by atoms with Crippen LogP contribution in [0.25, 0.3) is 11.3 Å². The molecule has 2 aromatic carbocycles. The fraction of sp³-hybridized carbons (Fsp3) is 0.0556. The first-order chi connectivity index (χ1) is 12.1. The van der Waals surface area contributed by atoms with Gasteiger partial charge < -0.3 is 5.32 Å². The van der Waals surface area contributed by atoms with Gasteiger partial charge in [-0.15, -0.1) is 0 Å². The Labute approximate surface area is 147 Å². The number of nitrogens with zero attached hydrogens (tertiary/aromatic N) is 2. The summed E-state index contributed by atoms with van der Waals surface area (Å²) in [6, 6.07) is 11.9. The number of halogens is 2. The topological polar surface area (TPSA) is 54.9 Å². The average Bonchev–Trinajstić information content (AvgIpc) is 2.62. The Balaban J connectivity index is 1.88. The lowest BCUT2D eigenvalue weighted by molar-refractivity contribution is 0.101. The number of hydrogen-bond donors (Lipinski definition) is 1. The Kier molecular flexibility index (Phi) is 5.04. The van der Waals surface area contributed by atoms with Gasteiger partial charge in [-0.1, -0.05) is 30.0 Å². The van der Waals surface area contributed by atoms with Crippen molar-refractivity contribution in [3.05, 3.63) is 71.9 Å². The maximum absolute atomic E-state index is 13.7. The number of hydrogen-bond acceptors (Lipinski definition) is 4. The van der Waals surface area contributed by atoms with Crippen molar-refractivity contribution in [1.29, 1.82) is 0 Å². The molecule has 3 aromatic rings. The first kappa shape index (κ1) is 17.0. The lowest BCUT2D eigenvalue weighted by Gasteiger charge is -2.09. The Morgan fingerprint density at radius 3 is 2.52 bits per heavy atom. The molecule has 1 aromatic heterocycles. The number of carbonyl (C=O) groups excluding carboxylic acids is 1. The molecule has 1 amide bonds. The Morgan fingerprint density at radius 2 is 1.80 bits per heavy atom. The van der Waals surface area contributed by atoms with Gasteiger partial charge in [-0.25, -0.2) is 18.7 Å². The second-order valence-corrected chi connectivity index (χ2v) is 5.83. The number of thioether (sulfide) groups is 1. The number of nitrogens with one attached hydrogen (secondary N) is 1. The van der Waals surface area contributed by atoms with Crippen LogP contribution >= 0.6 is 11.8 Å². The van der Waals surface area contributed by atoms with E-state index in [1.807, 2.05) is 12.3 Å². The molecule has 1 N–H and O–H groups in total. The number of benzene rings is 2. The zero-order valence-corrected chi connectivity index (χ0v) is 14.0. The van der Waals surface area contributed by atoms with Crippen molar-refractivity contribution in [3.63, 3.8) is 0 Å². The van der Waals surface area contributed by atoms with Crippen molar-refractivity contribution in [1.82, 2.24) is 9.97 Å². The summed E-state index contributed by atoms with van der Waals surface area (Å²) in [6.07, 6.45) is 3.52. The third-order valence-electron chi connectivity index (χ3n) is 3.42. The van der Waals surface area contributed by atoms with Gasteiger partial charge in [0.25, 0.3) is 5.91 Å². The monoisotopic (exact) mass is 357 g/mol. The standard InChI is InChI=1S/C18H13F2N3OS/c1-25-18-21-9-8-15(23-18)11-4-2-5-12(10-11)22-17(24)16-13(19)6-3-7-14(16)20/h2-10H,1H3,(H,22,24). The average molecular weight is 357 g/mol. The molecular formula is C18H13F2N3OS. The van der Waals surface area contributed by atoms with Gasteiger partial charge in [-0.05, 0) is 36.6 Å². The number of anilines is 1. The van der Waals surface area contributed by atoms with Gasteiger partial charge in [0.05, 0.1) is 5.69 Å². The summed E-state index contributed by atoms with van der Waals surface area (Å²) in [6.45, 7) is 0. The van der Waals surface area contributed by atoms with Crippen LogP contribution in [0.3, 0.4) is 0 Å². The van der Waals surface area contributed by atoms with E-state index in [9.17, 15) is 13.6 Å². The summed E-state index contributed by atoms with van der Waals surface area (Å²) in [5.41, 5.74) is 1.24. The van der Waals surface area contributed by atoms with Crippen molar-refractivity contribution >= 4 is 23.4 Å². The maximum atomic E-state index is 13.7. The fourth-order valence-corrected chi connectivity index (χ4v) is 2.62. The molecule has 0 fully saturated rings. The van der Waals surface area contributed by atoms with Crippen LogP contribution < -0.4 is 5.32 Å².